The van der Waals surface area contributed by atoms with E-state index >= 15 is 0 Å². The lowest BCUT2D eigenvalue weighted by molar-refractivity contribution is -0.385. The van der Waals surface area contributed by atoms with Gasteiger partial charge in [0.2, 0.25) is 8.32 Å². The zero-order valence-electron chi connectivity index (χ0n) is 11.6. The van der Waals surface area contributed by atoms with Crippen molar-refractivity contribution in [3.63, 3.8) is 0 Å². The molecule has 1 radical (unpaired) electrons. The van der Waals surface area contributed by atoms with E-state index in [1.165, 1.54) is 6.07 Å². The highest BCUT2D eigenvalue weighted by Gasteiger charge is 2.39. The molecule has 18 heavy (non-hydrogen) atoms. The number of nitro groups is 1. The van der Waals surface area contributed by atoms with Crippen molar-refractivity contribution in [3.05, 3.63) is 40.8 Å². The van der Waals surface area contributed by atoms with E-state index in [1.54, 1.807) is 12.1 Å². The Kier molecular flexibility index (Phi) is 3.86. The van der Waals surface area contributed by atoms with Gasteiger partial charge < -0.3 is 4.43 Å². The van der Waals surface area contributed by atoms with Gasteiger partial charge in [0.15, 0.2) is 0 Å². The fraction of sp³-hybridized carbons (Fsp3) is 0.462. The van der Waals surface area contributed by atoms with Gasteiger partial charge in [-0.25, -0.2) is 0 Å². The molecule has 0 fully saturated rings. The summed E-state index contributed by atoms with van der Waals surface area (Å²) in [6.07, 6.45) is 0. The van der Waals surface area contributed by atoms with Crippen molar-refractivity contribution < 1.29 is 9.35 Å². The number of nitro benzene ring substituents is 1. The minimum atomic E-state index is -1.96. The van der Waals surface area contributed by atoms with E-state index in [4.69, 9.17) is 4.43 Å². The zero-order valence-corrected chi connectivity index (χ0v) is 12.6. The summed E-state index contributed by atoms with van der Waals surface area (Å²) in [5.41, 5.74) is 0.411. The van der Waals surface area contributed by atoms with E-state index in [-0.39, 0.29) is 10.7 Å². The predicted molar refractivity (Wildman–Crippen MR) is 75.4 cm³/mol. The van der Waals surface area contributed by atoms with E-state index in [0.29, 0.717) is 11.3 Å². The summed E-state index contributed by atoms with van der Waals surface area (Å²) in [4.78, 5) is 10.4. The molecule has 0 aliphatic carbocycles. The van der Waals surface area contributed by atoms with E-state index in [1.807, 2.05) is 0 Å². The van der Waals surface area contributed by atoms with E-state index in [0.717, 1.165) is 0 Å². The van der Waals surface area contributed by atoms with Gasteiger partial charge in [0, 0.05) is 5.56 Å². The molecule has 1 aromatic rings. The van der Waals surface area contributed by atoms with Crippen LogP contribution in [0.2, 0.25) is 18.1 Å². The molecular weight excluding hydrogens is 246 g/mol. The van der Waals surface area contributed by atoms with Gasteiger partial charge in [-0.15, -0.1) is 0 Å². The molecule has 0 unspecified atom stereocenters. The maximum atomic E-state index is 10.9. The third-order valence-corrected chi connectivity index (χ3v) is 7.79. The average molecular weight is 266 g/mol. The third kappa shape index (κ3) is 3.10. The Hall–Kier alpha value is -1.36. The van der Waals surface area contributed by atoms with Crippen LogP contribution in [0.5, 0.6) is 5.75 Å². The van der Waals surface area contributed by atoms with Crippen LogP contribution in [0.15, 0.2) is 18.2 Å². The first kappa shape index (κ1) is 14.7. The predicted octanol–water partition coefficient (Wildman–Crippen LogP) is 4.16. The van der Waals surface area contributed by atoms with Crippen LogP contribution in [0, 0.1) is 17.0 Å². The second-order valence-corrected chi connectivity index (χ2v) is 10.6. The van der Waals surface area contributed by atoms with Crippen molar-refractivity contribution in [1.82, 2.24) is 0 Å². The Morgan fingerprint density at radius 1 is 1.33 bits per heavy atom. The Morgan fingerprint density at radius 3 is 2.33 bits per heavy atom. The Bertz CT molecular complexity index is 464. The van der Waals surface area contributed by atoms with Gasteiger partial charge in [0.25, 0.3) is 5.69 Å². The number of rotatable bonds is 3. The van der Waals surface area contributed by atoms with E-state index in [9.17, 15) is 10.1 Å². The number of hydrogen-bond acceptors (Lipinski definition) is 3. The Balaban J connectivity index is 3.07. The maximum absolute atomic E-state index is 10.9. The van der Waals surface area contributed by atoms with Crippen molar-refractivity contribution in [1.29, 1.82) is 0 Å². The molecule has 0 N–H and O–H groups in total. The monoisotopic (exact) mass is 266 g/mol. The highest BCUT2D eigenvalue weighted by molar-refractivity contribution is 6.74. The number of hydrogen-bond donors (Lipinski definition) is 0. The fourth-order valence-corrected chi connectivity index (χ4v) is 2.25. The highest BCUT2D eigenvalue weighted by Crippen LogP contribution is 2.38. The molecule has 5 heteroatoms. The van der Waals surface area contributed by atoms with Crippen LogP contribution >= 0.6 is 0 Å². The van der Waals surface area contributed by atoms with E-state index < -0.39 is 13.2 Å². The number of benzene rings is 1. The molecule has 0 saturated heterocycles. The van der Waals surface area contributed by atoms with Crippen LogP contribution in [0.3, 0.4) is 0 Å². The molecule has 0 heterocycles. The molecule has 0 spiro atoms. The summed E-state index contributed by atoms with van der Waals surface area (Å²) in [7, 11) is -1.96. The molecule has 0 atom stereocenters. The second kappa shape index (κ2) is 4.72. The Labute approximate surface area is 109 Å². The zero-order chi connectivity index (χ0) is 14.1. The standard InChI is InChI=1S/C13H20NO3Si/c1-10-7-8-11(9-12(10)14(15)16)17-18(5,6)13(2,3)4/h7-9H,1H2,2-6H3. The van der Waals surface area contributed by atoms with Gasteiger partial charge in [-0.3, -0.25) is 10.1 Å². The van der Waals surface area contributed by atoms with Crippen LogP contribution in [-0.2, 0) is 0 Å². The first-order valence-corrected chi connectivity index (χ1v) is 8.75. The molecule has 0 bridgehead atoms. The second-order valence-electron chi connectivity index (χ2n) is 5.91. The van der Waals surface area contributed by atoms with E-state index in [2.05, 4.69) is 40.8 Å². The summed E-state index contributed by atoms with van der Waals surface area (Å²) >= 11 is 0. The van der Waals surface area contributed by atoms with Crippen LogP contribution < -0.4 is 4.43 Å². The summed E-state index contributed by atoms with van der Waals surface area (Å²) in [5.74, 6) is 0.556. The lowest BCUT2D eigenvalue weighted by Crippen LogP contribution is -2.43. The smallest absolute Gasteiger partial charge is 0.276 e. The van der Waals surface area contributed by atoms with Crippen molar-refractivity contribution in [2.24, 2.45) is 0 Å². The summed E-state index contributed by atoms with van der Waals surface area (Å²) in [6, 6.07) is 4.83. The molecule has 1 aromatic carbocycles. The quantitative estimate of drug-likeness (QED) is 0.469. The van der Waals surface area contributed by atoms with Crippen molar-refractivity contribution in [2.75, 3.05) is 0 Å². The summed E-state index contributed by atoms with van der Waals surface area (Å²) in [6.45, 7) is 14.2. The molecule has 0 aliphatic heterocycles. The Morgan fingerprint density at radius 2 is 1.89 bits per heavy atom. The van der Waals surface area contributed by atoms with Crippen LogP contribution in [0.1, 0.15) is 26.3 Å². The fourth-order valence-electron chi connectivity index (χ4n) is 1.22. The lowest BCUT2D eigenvalue weighted by atomic mass is 10.2. The van der Waals surface area contributed by atoms with Gasteiger partial charge in [-0.05, 0) is 37.2 Å². The van der Waals surface area contributed by atoms with Gasteiger partial charge in [0.1, 0.15) is 5.75 Å². The van der Waals surface area contributed by atoms with Crippen LogP contribution in [0.25, 0.3) is 0 Å². The minimum Gasteiger partial charge on any atom is -0.543 e. The number of nitrogens with zero attached hydrogens (tertiary/aromatic N) is 1. The molecule has 0 saturated carbocycles. The summed E-state index contributed by atoms with van der Waals surface area (Å²) in [5, 5.41) is 10.9. The lowest BCUT2D eigenvalue weighted by Gasteiger charge is -2.36. The first-order valence-electron chi connectivity index (χ1n) is 5.84. The largest absolute Gasteiger partial charge is 0.543 e. The van der Waals surface area contributed by atoms with Crippen molar-refractivity contribution in [2.45, 2.75) is 38.9 Å². The average Bonchev–Trinajstić information content (AvgIpc) is 2.18. The topological polar surface area (TPSA) is 52.4 Å². The van der Waals surface area contributed by atoms with Gasteiger partial charge in [-0.2, -0.15) is 0 Å². The molecule has 99 valence electrons. The SMILES string of the molecule is [CH2]c1ccc(O[Si](C)(C)C(C)(C)C)cc1[N+](=O)[O-]. The molecule has 0 aromatic heterocycles. The van der Waals surface area contributed by atoms with Gasteiger partial charge >= 0.3 is 0 Å². The molecule has 0 aliphatic rings. The molecule has 1 rings (SSSR count). The molecule has 0 amide bonds. The third-order valence-electron chi connectivity index (χ3n) is 3.43. The van der Waals surface area contributed by atoms with Gasteiger partial charge in [0.05, 0.1) is 11.0 Å². The van der Waals surface area contributed by atoms with Gasteiger partial charge in [-0.1, -0.05) is 20.8 Å². The minimum absolute atomic E-state index is 0.00575. The maximum Gasteiger partial charge on any atom is 0.276 e. The van der Waals surface area contributed by atoms with Crippen LogP contribution in [0.4, 0.5) is 5.69 Å². The first-order chi connectivity index (χ1) is 8.04. The summed E-state index contributed by atoms with van der Waals surface area (Å²) < 4.78 is 6.02. The normalized spacial score (nSPS) is 12.3. The molecule has 4 nitrogen and oxygen atoms in total. The molecular formula is C13H20NO3Si. The van der Waals surface area contributed by atoms with Crippen LogP contribution in [-0.4, -0.2) is 13.2 Å². The van der Waals surface area contributed by atoms with Crippen molar-refractivity contribution in [3.8, 4) is 5.75 Å². The highest BCUT2D eigenvalue weighted by atomic mass is 28.4. The van der Waals surface area contributed by atoms with Crippen molar-refractivity contribution >= 4 is 14.0 Å².